The van der Waals surface area contributed by atoms with Gasteiger partial charge in [0.25, 0.3) is 0 Å². The molecule has 6 heteroatoms. The molecule has 0 bridgehead atoms. The van der Waals surface area contributed by atoms with Crippen LogP contribution in [0, 0.1) is 13.8 Å². The summed E-state index contributed by atoms with van der Waals surface area (Å²) in [6.07, 6.45) is 2.82. The van der Waals surface area contributed by atoms with Crippen molar-refractivity contribution in [2.24, 2.45) is 0 Å². The maximum Gasteiger partial charge on any atom is 0.247 e. The monoisotopic (exact) mass is 386 g/mol. The fraction of sp³-hybridized carbons (Fsp3) is 0.348. The minimum absolute atomic E-state index is 0.729. The predicted molar refractivity (Wildman–Crippen MR) is 117 cm³/mol. The largest absolute Gasteiger partial charge is 0.368 e. The van der Waals surface area contributed by atoms with Gasteiger partial charge in [0, 0.05) is 44.1 Å². The number of piperazine rings is 1. The lowest BCUT2D eigenvalue weighted by molar-refractivity contribution is 0.633. The number of anilines is 4. The molecular formula is C23H26N6. The molecule has 5 rings (SSSR count). The second kappa shape index (κ2) is 7.35. The maximum absolute atomic E-state index is 4.87. The minimum Gasteiger partial charge on any atom is -0.368 e. The van der Waals surface area contributed by atoms with E-state index in [1.165, 1.54) is 28.1 Å². The van der Waals surface area contributed by atoms with Crippen molar-refractivity contribution in [1.82, 2.24) is 15.2 Å². The van der Waals surface area contributed by atoms with Gasteiger partial charge in [0.2, 0.25) is 5.95 Å². The van der Waals surface area contributed by atoms with Crippen LogP contribution in [0.2, 0.25) is 0 Å². The van der Waals surface area contributed by atoms with Gasteiger partial charge in [-0.3, -0.25) is 0 Å². The Labute approximate surface area is 171 Å². The summed E-state index contributed by atoms with van der Waals surface area (Å²) in [4.78, 5) is 11.8. The minimum atomic E-state index is 0.729. The van der Waals surface area contributed by atoms with Crippen molar-refractivity contribution in [3.63, 3.8) is 0 Å². The molecule has 1 saturated heterocycles. The molecule has 0 amide bonds. The first kappa shape index (κ1) is 17.9. The summed E-state index contributed by atoms with van der Waals surface area (Å²) in [6.45, 7) is 9.05. The average molecular weight is 387 g/mol. The Kier molecular flexibility index (Phi) is 4.54. The lowest BCUT2D eigenvalue weighted by Crippen LogP contribution is -2.47. The summed E-state index contributed by atoms with van der Waals surface area (Å²) >= 11 is 0. The van der Waals surface area contributed by atoms with E-state index < -0.39 is 0 Å². The van der Waals surface area contributed by atoms with Crippen LogP contribution in [0.4, 0.5) is 23.1 Å². The van der Waals surface area contributed by atoms with E-state index in [-0.39, 0.29) is 0 Å². The maximum atomic E-state index is 4.87. The Morgan fingerprint density at radius 1 is 0.793 bits per heavy atom. The van der Waals surface area contributed by atoms with Crippen molar-refractivity contribution in [2.45, 2.75) is 20.3 Å². The molecule has 0 spiro atoms. The molecule has 0 N–H and O–H groups in total. The summed E-state index contributed by atoms with van der Waals surface area (Å²) in [6, 6.07) is 15.1. The van der Waals surface area contributed by atoms with Gasteiger partial charge in [-0.1, -0.05) is 30.3 Å². The molecule has 6 nitrogen and oxygen atoms in total. The third kappa shape index (κ3) is 3.28. The molecule has 2 aliphatic rings. The van der Waals surface area contributed by atoms with E-state index in [2.05, 4.69) is 81.2 Å². The van der Waals surface area contributed by atoms with Crippen LogP contribution in [-0.4, -0.2) is 47.9 Å². The number of fused-ring (bicyclic) bond motifs is 1. The van der Waals surface area contributed by atoms with Crippen LogP contribution in [0.5, 0.6) is 0 Å². The molecule has 1 aromatic heterocycles. The van der Waals surface area contributed by atoms with Gasteiger partial charge in [0.15, 0.2) is 5.82 Å². The molecule has 0 radical (unpaired) electrons. The molecule has 0 aliphatic carbocycles. The van der Waals surface area contributed by atoms with Crippen LogP contribution in [0.3, 0.4) is 0 Å². The lowest BCUT2D eigenvalue weighted by Gasteiger charge is -2.37. The third-order valence-electron chi connectivity index (χ3n) is 6.18. The number of aromatic nitrogens is 3. The normalized spacial score (nSPS) is 16.3. The standard InChI is InChI=1S/C23H26N6/c1-17-6-5-9-20(18(17)2)27-12-14-28(15-13-27)23-25-22(16-24-26-23)29-11-10-19-7-3-4-8-21(19)29/h3-9,16H,10-15H2,1-2H3. The van der Waals surface area contributed by atoms with Gasteiger partial charge in [-0.15, -0.1) is 5.10 Å². The molecule has 1 fully saturated rings. The van der Waals surface area contributed by atoms with Crippen LogP contribution in [0.15, 0.2) is 48.7 Å². The number of hydrogen-bond acceptors (Lipinski definition) is 6. The van der Waals surface area contributed by atoms with Crippen molar-refractivity contribution < 1.29 is 0 Å². The molecule has 0 saturated carbocycles. The van der Waals surface area contributed by atoms with E-state index in [9.17, 15) is 0 Å². The number of para-hydroxylation sites is 1. The summed E-state index contributed by atoms with van der Waals surface area (Å²) in [5, 5.41) is 8.61. The zero-order chi connectivity index (χ0) is 19.8. The second-order valence-corrected chi connectivity index (χ2v) is 7.84. The van der Waals surface area contributed by atoms with E-state index in [4.69, 9.17) is 4.98 Å². The fourth-order valence-electron chi connectivity index (χ4n) is 4.35. The zero-order valence-corrected chi connectivity index (χ0v) is 17.0. The number of hydrogen-bond donors (Lipinski definition) is 0. The van der Waals surface area contributed by atoms with Gasteiger partial charge in [0.05, 0.1) is 6.20 Å². The highest BCUT2D eigenvalue weighted by atomic mass is 15.4. The van der Waals surface area contributed by atoms with Crippen molar-refractivity contribution in [2.75, 3.05) is 47.4 Å². The number of rotatable bonds is 3. The number of benzene rings is 2. The van der Waals surface area contributed by atoms with E-state index in [0.29, 0.717) is 0 Å². The van der Waals surface area contributed by atoms with E-state index in [1.54, 1.807) is 6.20 Å². The van der Waals surface area contributed by atoms with E-state index >= 15 is 0 Å². The highest BCUT2D eigenvalue weighted by Gasteiger charge is 2.24. The van der Waals surface area contributed by atoms with Crippen LogP contribution in [0.25, 0.3) is 0 Å². The summed E-state index contributed by atoms with van der Waals surface area (Å²) in [7, 11) is 0. The molecule has 2 aliphatic heterocycles. The molecule has 0 unspecified atom stereocenters. The third-order valence-corrected chi connectivity index (χ3v) is 6.18. The first-order valence-corrected chi connectivity index (χ1v) is 10.3. The predicted octanol–water partition coefficient (Wildman–Crippen LogP) is 3.51. The fourth-order valence-corrected chi connectivity index (χ4v) is 4.35. The van der Waals surface area contributed by atoms with Crippen LogP contribution < -0.4 is 14.7 Å². The second-order valence-electron chi connectivity index (χ2n) is 7.84. The topological polar surface area (TPSA) is 48.4 Å². The lowest BCUT2D eigenvalue weighted by atomic mass is 10.1. The van der Waals surface area contributed by atoms with Crippen molar-refractivity contribution in [3.05, 3.63) is 65.4 Å². The summed E-state index contributed by atoms with van der Waals surface area (Å²) in [5.41, 5.74) is 6.66. The number of nitrogens with zero attached hydrogens (tertiary/aromatic N) is 6. The van der Waals surface area contributed by atoms with Crippen molar-refractivity contribution >= 4 is 23.1 Å². The zero-order valence-electron chi connectivity index (χ0n) is 17.0. The van der Waals surface area contributed by atoms with E-state index in [1.807, 2.05) is 0 Å². The van der Waals surface area contributed by atoms with Gasteiger partial charge in [-0.05, 0) is 49.1 Å². The highest BCUT2D eigenvalue weighted by Crippen LogP contribution is 2.33. The first-order chi connectivity index (χ1) is 14.2. The van der Waals surface area contributed by atoms with Crippen LogP contribution in [0.1, 0.15) is 16.7 Å². The molecule has 29 heavy (non-hydrogen) atoms. The van der Waals surface area contributed by atoms with Crippen LogP contribution >= 0.6 is 0 Å². The van der Waals surface area contributed by atoms with Crippen molar-refractivity contribution in [3.8, 4) is 0 Å². The van der Waals surface area contributed by atoms with Gasteiger partial charge in [-0.2, -0.15) is 10.1 Å². The van der Waals surface area contributed by atoms with Crippen LogP contribution in [-0.2, 0) is 6.42 Å². The first-order valence-electron chi connectivity index (χ1n) is 10.3. The van der Waals surface area contributed by atoms with Gasteiger partial charge in [0.1, 0.15) is 0 Å². The number of aryl methyl sites for hydroxylation is 1. The molecule has 3 aromatic rings. The Morgan fingerprint density at radius 2 is 1.55 bits per heavy atom. The highest BCUT2D eigenvalue weighted by molar-refractivity contribution is 5.67. The quantitative estimate of drug-likeness (QED) is 0.687. The molecular weight excluding hydrogens is 360 g/mol. The SMILES string of the molecule is Cc1cccc(N2CCN(c3nncc(N4CCc5ccccc54)n3)CC2)c1C. The molecule has 2 aromatic carbocycles. The summed E-state index contributed by atoms with van der Waals surface area (Å²) < 4.78 is 0. The Hall–Kier alpha value is -3.15. The van der Waals surface area contributed by atoms with Crippen molar-refractivity contribution in [1.29, 1.82) is 0 Å². The van der Waals surface area contributed by atoms with Gasteiger partial charge >= 0.3 is 0 Å². The molecule has 148 valence electrons. The molecule has 0 atom stereocenters. The van der Waals surface area contributed by atoms with Gasteiger partial charge < -0.3 is 14.7 Å². The van der Waals surface area contributed by atoms with Gasteiger partial charge in [-0.25, -0.2) is 0 Å². The van der Waals surface area contributed by atoms with E-state index in [0.717, 1.165) is 50.9 Å². The smallest absolute Gasteiger partial charge is 0.247 e. The summed E-state index contributed by atoms with van der Waals surface area (Å²) in [5.74, 6) is 1.62. The Bertz CT molecular complexity index is 1030. The average Bonchev–Trinajstić information content (AvgIpc) is 3.20. The Morgan fingerprint density at radius 3 is 2.41 bits per heavy atom. The molecule has 3 heterocycles. The Balaban J connectivity index is 1.32.